The van der Waals surface area contributed by atoms with Crippen LogP contribution in [-0.2, 0) is 27.5 Å². The third-order valence-electron chi connectivity index (χ3n) is 12.8. The van der Waals surface area contributed by atoms with Gasteiger partial charge >= 0.3 is 0 Å². The molecule has 2 fully saturated rings. The quantitative estimate of drug-likeness (QED) is 0.0685. The number of hydrogen-bond donors (Lipinski definition) is 2. The summed E-state index contributed by atoms with van der Waals surface area (Å²) in [6.45, 7) is 13.2. The van der Waals surface area contributed by atoms with E-state index in [9.17, 15) is 15.0 Å². The Morgan fingerprint density at radius 2 is 1.77 bits per heavy atom. The van der Waals surface area contributed by atoms with Crippen molar-refractivity contribution in [1.82, 2.24) is 9.88 Å². The summed E-state index contributed by atoms with van der Waals surface area (Å²) >= 11 is 0. The van der Waals surface area contributed by atoms with Crippen LogP contribution in [0.1, 0.15) is 107 Å². The van der Waals surface area contributed by atoms with Crippen molar-refractivity contribution >= 4 is 11.6 Å². The van der Waals surface area contributed by atoms with E-state index in [1.807, 2.05) is 81.1 Å². The Labute approximate surface area is 365 Å². The lowest BCUT2D eigenvalue weighted by molar-refractivity contribution is -0.258. The number of aromatic nitrogens is 1. The first-order valence-corrected chi connectivity index (χ1v) is 22.5. The summed E-state index contributed by atoms with van der Waals surface area (Å²) in [5.41, 5.74) is 4.84. The van der Waals surface area contributed by atoms with E-state index in [2.05, 4.69) is 23.7 Å². The van der Waals surface area contributed by atoms with E-state index >= 15 is 0 Å². The molecular formula is C50H63N3O9. The molecule has 3 aromatic rings. The van der Waals surface area contributed by atoms with E-state index in [1.54, 1.807) is 6.08 Å². The number of ether oxygens (including phenoxy) is 5. The summed E-state index contributed by atoms with van der Waals surface area (Å²) < 4.78 is 32.6. The fraction of sp³-hybridized carbons (Fsp3) is 0.540. The van der Waals surface area contributed by atoms with Gasteiger partial charge in [-0.25, -0.2) is 0 Å². The second kappa shape index (κ2) is 18.8. The zero-order valence-electron chi connectivity index (χ0n) is 36.7. The molecule has 2 N–H and O–H groups in total. The SMILES string of the molecule is C=CCO[C@@]12Oc3ccc(OCc4cccc(C)n4)cc3[C@H]3[C@H](CCCCO)[C@@H](CCCCO)C=C(C(=NOC(C)(C)C)C[C@@H]1N(Cc1ccc4c(c1)OCO4)C(=O)C1CC1)[C@H]32. The van der Waals surface area contributed by atoms with E-state index < -0.39 is 23.3 Å². The van der Waals surface area contributed by atoms with Crippen LogP contribution in [0.2, 0.25) is 0 Å². The highest BCUT2D eigenvalue weighted by Crippen LogP contribution is 2.62. The number of aliphatic hydroxyl groups excluding tert-OH is 2. The van der Waals surface area contributed by atoms with Gasteiger partial charge in [0.2, 0.25) is 18.5 Å². The molecule has 8 rings (SSSR count). The lowest BCUT2D eigenvalue weighted by atomic mass is 9.55. The van der Waals surface area contributed by atoms with E-state index in [0.717, 1.165) is 72.3 Å². The van der Waals surface area contributed by atoms with Gasteiger partial charge in [-0.05, 0) is 132 Å². The molecule has 6 atom stereocenters. The average molecular weight is 850 g/mol. The van der Waals surface area contributed by atoms with E-state index in [4.69, 9.17) is 33.7 Å². The van der Waals surface area contributed by atoms with Crippen LogP contribution in [0.4, 0.5) is 0 Å². The van der Waals surface area contributed by atoms with Crippen molar-refractivity contribution in [2.24, 2.45) is 28.8 Å². The molecule has 2 aliphatic heterocycles. The van der Waals surface area contributed by atoms with Crippen LogP contribution in [0.25, 0.3) is 0 Å². The van der Waals surface area contributed by atoms with Gasteiger partial charge in [-0.3, -0.25) is 9.78 Å². The minimum Gasteiger partial charge on any atom is -0.487 e. The smallest absolute Gasteiger partial charge is 0.239 e. The number of aryl methyl sites for hydroxylation is 1. The Bertz CT molecular complexity index is 2140. The molecule has 1 amide bonds. The number of hydrogen-bond acceptors (Lipinski definition) is 11. The van der Waals surface area contributed by atoms with Crippen molar-refractivity contribution in [3.8, 4) is 23.0 Å². The average Bonchev–Trinajstić information content (AvgIpc) is 4.01. The fourth-order valence-electron chi connectivity index (χ4n) is 9.91. The van der Waals surface area contributed by atoms with E-state index in [1.165, 1.54) is 0 Å². The normalized spacial score (nSPS) is 25.3. The van der Waals surface area contributed by atoms with Gasteiger partial charge in [0.1, 0.15) is 29.7 Å². The number of unbranched alkanes of at least 4 members (excludes halogenated alkanes) is 2. The predicted molar refractivity (Wildman–Crippen MR) is 235 cm³/mol. The van der Waals surface area contributed by atoms with Crippen LogP contribution in [-0.4, -0.2) is 75.8 Å². The van der Waals surface area contributed by atoms with Crippen molar-refractivity contribution in [1.29, 1.82) is 0 Å². The Balaban J connectivity index is 1.32. The molecule has 0 bridgehead atoms. The number of allylic oxidation sites excluding steroid dienone is 1. The number of benzene rings is 2. The standard InChI is InChI=1S/C50H63N3O9/c1-6-24-60-50-45(53(48(56)34-17-18-34)29-33-16-20-43-44(25-33)59-31-58-43)28-41(52-62-49(3,4)5)39-26-35(13-7-9-22-54)38(15-8-10-23-55)46(47(39)50)40-27-37(19-21-42(40)61-50)57-30-36-14-11-12-32(2)51-36/h6,11-12,14,16,19-21,25-27,34-35,38,45-47,54-55H,1,7-10,13,15,17-18,22-24,28-31H2,2-5H3/t35-,38+,45-,46+,47+,50+/m0/s1. The number of rotatable bonds is 19. The predicted octanol–water partition coefficient (Wildman–Crippen LogP) is 8.57. The number of aliphatic hydroxyl groups is 2. The summed E-state index contributed by atoms with van der Waals surface area (Å²) in [4.78, 5) is 27.9. The highest BCUT2D eigenvalue weighted by Gasteiger charge is 2.66. The molecule has 332 valence electrons. The zero-order chi connectivity index (χ0) is 43.4. The molecule has 0 spiro atoms. The summed E-state index contributed by atoms with van der Waals surface area (Å²) in [5.74, 6) is 0.878. The summed E-state index contributed by atoms with van der Waals surface area (Å²) in [6.07, 6.45) is 10.8. The molecule has 12 nitrogen and oxygen atoms in total. The van der Waals surface area contributed by atoms with Crippen LogP contribution < -0.4 is 18.9 Å². The van der Waals surface area contributed by atoms with Gasteiger partial charge in [0, 0.05) is 49.3 Å². The van der Waals surface area contributed by atoms with Gasteiger partial charge < -0.3 is 43.6 Å². The lowest BCUT2D eigenvalue weighted by Gasteiger charge is -2.60. The van der Waals surface area contributed by atoms with Crippen LogP contribution in [0.15, 0.2) is 84.1 Å². The summed E-state index contributed by atoms with van der Waals surface area (Å²) in [5, 5.41) is 25.0. The van der Waals surface area contributed by atoms with E-state index in [-0.39, 0.29) is 56.2 Å². The highest BCUT2D eigenvalue weighted by molar-refractivity contribution is 6.03. The number of carbonyl (C=O) groups is 1. The highest BCUT2D eigenvalue weighted by atomic mass is 16.7. The second-order valence-electron chi connectivity index (χ2n) is 18.5. The summed E-state index contributed by atoms with van der Waals surface area (Å²) in [7, 11) is 0. The third-order valence-corrected chi connectivity index (χ3v) is 12.8. The first-order valence-electron chi connectivity index (χ1n) is 22.5. The molecule has 12 heteroatoms. The maximum absolute atomic E-state index is 14.9. The molecule has 0 radical (unpaired) electrons. The van der Waals surface area contributed by atoms with Crippen molar-refractivity contribution in [3.63, 3.8) is 0 Å². The van der Waals surface area contributed by atoms with Crippen LogP contribution >= 0.6 is 0 Å². The first kappa shape index (κ1) is 43.7. The van der Waals surface area contributed by atoms with Crippen molar-refractivity contribution < 1.29 is 43.5 Å². The van der Waals surface area contributed by atoms with Crippen LogP contribution in [0.5, 0.6) is 23.0 Å². The third kappa shape index (κ3) is 9.38. The number of carbonyl (C=O) groups excluding carboxylic acids is 1. The maximum atomic E-state index is 14.9. The van der Waals surface area contributed by atoms with Gasteiger partial charge in [-0.15, -0.1) is 6.58 Å². The molecule has 2 saturated carbocycles. The molecule has 3 heterocycles. The second-order valence-corrected chi connectivity index (χ2v) is 18.5. The maximum Gasteiger partial charge on any atom is 0.239 e. The Hall–Kier alpha value is -4.91. The molecule has 5 aliphatic rings. The van der Waals surface area contributed by atoms with Crippen LogP contribution in [0, 0.1) is 30.6 Å². The molecule has 0 saturated heterocycles. The van der Waals surface area contributed by atoms with Gasteiger partial charge in [0.15, 0.2) is 11.5 Å². The lowest BCUT2D eigenvalue weighted by Crippen LogP contribution is -2.70. The molecule has 62 heavy (non-hydrogen) atoms. The Morgan fingerprint density at radius 3 is 2.52 bits per heavy atom. The minimum absolute atomic E-state index is 0.0504. The largest absolute Gasteiger partial charge is 0.487 e. The number of fused-ring (bicyclic) bond motifs is 3. The topological polar surface area (TPSA) is 141 Å². The van der Waals surface area contributed by atoms with Crippen molar-refractivity contribution in [2.45, 2.75) is 122 Å². The molecule has 1 aromatic heterocycles. The number of oxime groups is 1. The molecule has 3 aliphatic carbocycles. The van der Waals surface area contributed by atoms with Gasteiger partial charge in [-0.1, -0.05) is 42.3 Å². The van der Waals surface area contributed by atoms with Crippen molar-refractivity contribution in [2.75, 3.05) is 26.6 Å². The van der Waals surface area contributed by atoms with Crippen molar-refractivity contribution in [3.05, 3.63) is 101 Å². The number of pyridine rings is 1. The fourth-order valence-corrected chi connectivity index (χ4v) is 9.91. The van der Waals surface area contributed by atoms with Gasteiger partial charge in [0.25, 0.3) is 0 Å². The zero-order valence-corrected chi connectivity index (χ0v) is 36.7. The Morgan fingerprint density at radius 1 is 1.00 bits per heavy atom. The Kier molecular flexibility index (Phi) is 13.3. The monoisotopic (exact) mass is 849 g/mol. The summed E-state index contributed by atoms with van der Waals surface area (Å²) in [6, 6.07) is 17.2. The minimum atomic E-state index is -1.36. The molecular weight excluding hydrogens is 787 g/mol. The van der Waals surface area contributed by atoms with Gasteiger partial charge in [-0.2, -0.15) is 0 Å². The van der Waals surface area contributed by atoms with Crippen LogP contribution in [0.3, 0.4) is 0 Å². The first-order chi connectivity index (χ1) is 30.0. The number of nitrogens with zero attached hydrogens (tertiary/aromatic N) is 3. The molecule has 0 unspecified atom stereocenters. The van der Waals surface area contributed by atoms with E-state index in [0.29, 0.717) is 55.4 Å². The van der Waals surface area contributed by atoms with Gasteiger partial charge in [0.05, 0.1) is 23.9 Å². The number of amides is 1. The molecule has 2 aromatic carbocycles.